The molecule has 2 heterocycles. The minimum Gasteiger partial charge on any atom is -0.362 e. The van der Waals surface area contributed by atoms with Crippen LogP contribution in [0.2, 0.25) is 0 Å². The molecule has 1 N–H and O–H groups in total. The van der Waals surface area contributed by atoms with Crippen molar-refractivity contribution in [2.45, 2.75) is 26.8 Å². The van der Waals surface area contributed by atoms with Gasteiger partial charge in [0.1, 0.15) is 0 Å². The lowest BCUT2D eigenvalue weighted by atomic mass is 9.99. The summed E-state index contributed by atoms with van der Waals surface area (Å²) in [4.78, 5) is 17.8. The van der Waals surface area contributed by atoms with E-state index in [0.29, 0.717) is 6.54 Å². The predicted octanol–water partition coefficient (Wildman–Crippen LogP) is 2.87. The van der Waals surface area contributed by atoms with Crippen LogP contribution in [0, 0.1) is 13.8 Å². The highest BCUT2D eigenvalue weighted by molar-refractivity contribution is 5.98. The molecule has 0 atom stereocenters. The Bertz CT molecular complexity index is 642. The quantitative estimate of drug-likeness (QED) is 0.869. The molecule has 0 saturated heterocycles. The Labute approximate surface area is 119 Å². The van der Waals surface area contributed by atoms with E-state index >= 15 is 0 Å². The number of aromatic amines is 1. The van der Waals surface area contributed by atoms with Crippen molar-refractivity contribution in [1.82, 2.24) is 9.88 Å². The summed E-state index contributed by atoms with van der Waals surface area (Å²) in [6.45, 7) is 6.30. The number of carbonyl (C=O) groups excluding carboxylic acids is 1. The molecule has 1 aliphatic rings. The van der Waals surface area contributed by atoms with Gasteiger partial charge in [0.15, 0.2) is 5.78 Å². The van der Waals surface area contributed by atoms with Crippen LogP contribution >= 0.6 is 0 Å². The van der Waals surface area contributed by atoms with Crippen molar-refractivity contribution >= 4 is 5.78 Å². The predicted molar refractivity (Wildman–Crippen MR) is 80.0 cm³/mol. The first-order valence-electron chi connectivity index (χ1n) is 7.12. The molecule has 20 heavy (non-hydrogen) atoms. The lowest BCUT2D eigenvalue weighted by molar-refractivity contribution is 0.0921. The van der Waals surface area contributed by atoms with Crippen molar-refractivity contribution in [3.63, 3.8) is 0 Å². The number of hydrogen-bond acceptors (Lipinski definition) is 2. The van der Waals surface area contributed by atoms with E-state index in [-0.39, 0.29) is 5.78 Å². The summed E-state index contributed by atoms with van der Waals surface area (Å²) in [5.74, 6) is 0.214. The van der Waals surface area contributed by atoms with Gasteiger partial charge in [0.25, 0.3) is 0 Å². The van der Waals surface area contributed by atoms with Crippen LogP contribution in [-0.2, 0) is 13.0 Å². The summed E-state index contributed by atoms with van der Waals surface area (Å²) in [6, 6.07) is 10.5. The summed E-state index contributed by atoms with van der Waals surface area (Å²) >= 11 is 0. The van der Waals surface area contributed by atoms with Crippen LogP contribution in [0.25, 0.3) is 0 Å². The highest BCUT2D eigenvalue weighted by Crippen LogP contribution is 2.19. The summed E-state index contributed by atoms with van der Waals surface area (Å²) in [7, 11) is 0. The fraction of sp³-hybridized carbons (Fsp3) is 0.353. The third-order valence-electron chi connectivity index (χ3n) is 4.03. The number of aromatic nitrogens is 1. The molecular formula is C17H20N2O. The van der Waals surface area contributed by atoms with Gasteiger partial charge < -0.3 is 4.98 Å². The minimum absolute atomic E-state index is 0.214. The number of carbonyl (C=O) groups is 1. The first kappa shape index (κ1) is 13.1. The van der Waals surface area contributed by atoms with Crippen molar-refractivity contribution < 1.29 is 4.79 Å². The standard InChI is InChI=1S/C17H20N2O/c1-12-9-16(13(2)18-12)17(20)11-19-8-7-14-5-3-4-6-15(14)10-19/h3-6,9,18H,7-8,10-11H2,1-2H3. The largest absolute Gasteiger partial charge is 0.362 e. The molecule has 1 aromatic carbocycles. The Kier molecular flexibility index (Phi) is 3.45. The molecule has 1 aliphatic heterocycles. The molecule has 0 radical (unpaired) electrons. The molecule has 3 nitrogen and oxygen atoms in total. The molecule has 0 aliphatic carbocycles. The number of rotatable bonds is 3. The van der Waals surface area contributed by atoms with Crippen LogP contribution in [0.4, 0.5) is 0 Å². The molecule has 0 fully saturated rings. The maximum Gasteiger partial charge on any atom is 0.178 e. The van der Waals surface area contributed by atoms with Gasteiger partial charge in [0, 0.05) is 30.0 Å². The normalized spacial score (nSPS) is 15.1. The van der Waals surface area contributed by atoms with Crippen molar-refractivity contribution in [3.8, 4) is 0 Å². The van der Waals surface area contributed by atoms with E-state index in [1.807, 2.05) is 19.9 Å². The lowest BCUT2D eigenvalue weighted by Crippen LogP contribution is -2.34. The van der Waals surface area contributed by atoms with Crippen LogP contribution in [0.5, 0.6) is 0 Å². The smallest absolute Gasteiger partial charge is 0.178 e. The van der Waals surface area contributed by atoms with E-state index in [1.165, 1.54) is 11.1 Å². The summed E-state index contributed by atoms with van der Waals surface area (Å²) in [5, 5.41) is 0. The highest BCUT2D eigenvalue weighted by atomic mass is 16.1. The zero-order valence-electron chi connectivity index (χ0n) is 12.1. The van der Waals surface area contributed by atoms with Gasteiger partial charge in [-0.1, -0.05) is 24.3 Å². The van der Waals surface area contributed by atoms with Crippen LogP contribution in [0.15, 0.2) is 30.3 Å². The molecule has 2 aromatic rings. The average Bonchev–Trinajstić information content (AvgIpc) is 2.78. The molecular weight excluding hydrogens is 248 g/mol. The molecule has 3 rings (SSSR count). The molecule has 0 spiro atoms. The van der Waals surface area contributed by atoms with Gasteiger partial charge in [-0.2, -0.15) is 0 Å². The second-order valence-corrected chi connectivity index (χ2v) is 5.64. The second-order valence-electron chi connectivity index (χ2n) is 5.64. The zero-order valence-corrected chi connectivity index (χ0v) is 12.1. The maximum absolute atomic E-state index is 12.4. The van der Waals surface area contributed by atoms with E-state index in [4.69, 9.17) is 0 Å². The second kappa shape index (κ2) is 5.25. The third kappa shape index (κ3) is 2.54. The number of Topliss-reactive ketones (excluding diaryl/α,β-unsaturated/α-hetero) is 1. The molecule has 104 valence electrons. The molecule has 0 amide bonds. The van der Waals surface area contributed by atoms with E-state index in [9.17, 15) is 4.79 Å². The van der Waals surface area contributed by atoms with Crippen LogP contribution < -0.4 is 0 Å². The van der Waals surface area contributed by atoms with E-state index < -0.39 is 0 Å². The number of hydrogen-bond donors (Lipinski definition) is 1. The van der Waals surface area contributed by atoms with Crippen molar-refractivity contribution in [2.24, 2.45) is 0 Å². The van der Waals surface area contributed by atoms with Gasteiger partial charge in [-0.05, 0) is 37.5 Å². The van der Waals surface area contributed by atoms with Gasteiger partial charge in [0.05, 0.1) is 6.54 Å². The first-order valence-corrected chi connectivity index (χ1v) is 7.12. The summed E-state index contributed by atoms with van der Waals surface area (Å²) in [6.07, 6.45) is 1.04. The van der Waals surface area contributed by atoms with Gasteiger partial charge in [-0.3, -0.25) is 9.69 Å². The lowest BCUT2D eigenvalue weighted by Gasteiger charge is -2.28. The van der Waals surface area contributed by atoms with Gasteiger partial charge in [-0.25, -0.2) is 0 Å². The molecule has 0 bridgehead atoms. The fourth-order valence-electron chi connectivity index (χ4n) is 2.99. The number of benzene rings is 1. The monoisotopic (exact) mass is 268 g/mol. The number of ketones is 1. The maximum atomic E-state index is 12.4. The molecule has 0 unspecified atom stereocenters. The topological polar surface area (TPSA) is 36.1 Å². The van der Waals surface area contributed by atoms with Gasteiger partial charge in [0.2, 0.25) is 0 Å². The first-order chi connectivity index (χ1) is 9.63. The molecule has 1 aromatic heterocycles. The highest BCUT2D eigenvalue weighted by Gasteiger charge is 2.20. The average molecular weight is 268 g/mol. The van der Waals surface area contributed by atoms with Gasteiger partial charge in [-0.15, -0.1) is 0 Å². The number of H-pyrrole nitrogens is 1. The Balaban J connectivity index is 1.71. The van der Waals surface area contributed by atoms with Crippen LogP contribution in [0.3, 0.4) is 0 Å². The number of aryl methyl sites for hydroxylation is 2. The number of nitrogens with zero attached hydrogens (tertiary/aromatic N) is 1. The van der Waals surface area contributed by atoms with E-state index in [1.54, 1.807) is 0 Å². The van der Waals surface area contributed by atoms with E-state index in [0.717, 1.165) is 36.5 Å². The SMILES string of the molecule is Cc1cc(C(=O)CN2CCc3ccccc3C2)c(C)[nH]1. The summed E-state index contributed by atoms with van der Waals surface area (Å²) < 4.78 is 0. The molecule has 3 heteroatoms. The van der Waals surface area contributed by atoms with Crippen molar-refractivity contribution in [1.29, 1.82) is 0 Å². The number of nitrogens with one attached hydrogen (secondary N) is 1. The van der Waals surface area contributed by atoms with Crippen LogP contribution in [-0.4, -0.2) is 28.8 Å². The summed E-state index contributed by atoms with van der Waals surface area (Å²) in [5.41, 5.74) is 5.64. The fourth-order valence-corrected chi connectivity index (χ4v) is 2.99. The van der Waals surface area contributed by atoms with Gasteiger partial charge >= 0.3 is 0 Å². The molecule has 0 saturated carbocycles. The minimum atomic E-state index is 0.214. The Hall–Kier alpha value is -1.87. The van der Waals surface area contributed by atoms with E-state index in [2.05, 4.69) is 34.1 Å². The zero-order chi connectivity index (χ0) is 14.1. The Morgan fingerprint density at radius 2 is 2.00 bits per heavy atom. The Morgan fingerprint density at radius 3 is 2.70 bits per heavy atom. The van der Waals surface area contributed by atoms with Crippen LogP contribution in [0.1, 0.15) is 32.9 Å². The number of fused-ring (bicyclic) bond motifs is 1. The third-order valence-corrected chi connectivity index (χ3v) is 4.03. The Morgan fingerprint density at radius 1 is 1.25 bits per heavy atom. The van der Waals surface area contributed by atoms with Crippen molar-refractivity contribution in [2.75, 3.05) is 13.1 Å². The van der Waals surface area contributed by atoms with Crippen molar-refractivity contribution in [3.05, 3.63) is 58.4 Å².